The van der Waals surface area contributed by atoms with E-state index in [0.29, 0.717) is 5.75 Å². The number of hydrogen-bond donors (Lipinski definition) is 4. The molecule has 0 unspecified atom stereocenters. The van der Waals surface area contributed by atoms with E-state index in [1.54, 1.807) is 12.1 Å². The molecule has 7 heteroatoms. The molecule has 0 saturated heterocycles. The Morgan fingerprint density at radius 2 is 1.54 bits per heavy atom. The number of aromatic hydroxyl groups is 1. The van der Waals surface area contributed by atoms with Crippen LogP contribution in [0.25, 0.3) is 0 Å². The first-order chi connectivity index (χ1) is 5.80. The Balaban J connectivity index is 0.000000252. The molecule has 1 aromatic rings. The summed E-state index contributed by atoms with van der Waals surface area (Å²) in [4.78, 5) is 21.6. The minimum absolute atomic E-state index is 0.355. The molecule has 0 aliphatic carbocycles. The van der Waals surface area contributed by atoms with Gasteiger partial charge in [0.15, 0.2) is 0 Å². The molecule has 0 fully saturated rings. The zero-order valence-corrected chi connectivity index (χ0v) is 9.38. The van der Waals surface area contributed by atoms with E-state index in [2.05, 4.69) is 22.6 Å². The molecule has 74 valence electrons. The third kappa shape index (κ3) is 9.78. The topological polar surface area (TPSA) is 98.0 Å². The number of benzene rings is 1. The number of hydrogen-bond acceptors (Lipinski definition) is 2. The quantitative estimate of drug-likeness (QED) is 0.424. The van der Waals surface area contributed by atoms with Gasteiger partial charge in [0, 0.05) is 0 Å². The molecule has 4 N–H and O–H groups in total. The van der Waals surface area contributed by atoms with Crippen LogP contribution in [0.5, 0.6) is 5.75 Å². The van der Waals surface area contributed by atoms with Gasteiger partial charge in [-0.2, -0.15) is 0 Å². The van der Waals surface area contributed by atoms with Crippen molar-refractivity contribution >= 4 is 30.4 Å². The minimum atomic E-state index is -4.64. The predicted molar refractivity (Wildman–Crippen MR) is 55.1 cm³/mol. The average Bonchev–Trinajstić information content (AvgIpc) is 1.92. The Bertz CT molecular complexity index is 280. The summed E-state index contributed by atoms with van der Waals surface area (Å²) in [5.41, 5.74) is 0. The van der Waals surface area contributed by atoms with Crippen LogP contribution in [-0.2, 0) is 4.57 Å². The van der Waals surface area contributed by atoms with Crippen LogP contribution < -0.4 is 0 Å². The van der Waals surface area contributed by atoms with Gasteiger partial charge in [0.1, 0.15) is 5.75 Å². The molecule has 0 heterocycles. The second-order valence-electron chi connectivity index (χ2n) is 1.96. The molecule has 0 spiro atoms. The summed E-state index contributed by atoms with van der Waals surface area (Å²) in [6, 6.07) is 7.22. The van der Waals surface area contributed by atoms with Crippen LogP contribution in [0.2, 0.25) is 0 Å². The Kier molecular flexibility index (Phi) is 5.50. The van der Waals surface area contributed by atoms with Gasteiger partial charge in [-0.15, -0.1) is 0 Å². The predicted octanol–water partition coefficient (Wildman–Crippen LogP) is 1.07. The molecule has 0 aliphatic rings. The Labute approximate surface area is 88.4 Å². The van der Waals surface area contributed by atoms with Gasteiger partial charge in [0.2, 0.25) is 0 Å². The summed E-state index contributed by atoms with van der Waals surface area (Å²) in [6.45, 7) is 0. The van der Waals surface area contributed by atoms with Crippen molar-refractivity contribution in [2.24, 2.45) is 0 Å². The van der Waals surface area contributed by atoms with E-state index in [-0.39, 0.29) is 0 Å². The molecular weight excluding hydrogens is 310 g/mol. The number of phosphoric acid groups is 1. The molecule has 0 radical (unpaired) electrons. The third-order valence-corrected chi connectivity index (χ3v) is 1.76. The fraction of sp³-hybridized carbons (Fsp3) is 0. The highest BCUT2D eigenvalue weighted by atomic mass is 127. The average molecular weight is 318 g/mol. The normalized spacial score (nSPS) is 10.2. The fourth-order valence-corrected chi connectivity index (χ4v) is 0.839. The van der Waals surface area contributed by atoms with Gasteiger partial charge in [-0.05, 0) is 34.7 Å². The van der Waals surface area contributed by atoms with Crippen molar-refractivity contribution in [1.29, 1.82) is 0 Å². The second kappa shape index (κ2) is 5.56. The molecule has 0 atom stereocenters. The van der Waals surface area contributed by atoms with E-state index in [1.165, 1.54) is 0 Å². The van der Waals surface area contributed by atoms with Crippen LogP contribution >= 0.6 is 30.4 Å². The lowest BCUT2D eigenvalue weighted by Crippen LogP contribution is -1.67. The highest BCUT2D eigenvalue weighted by molar-refractivity contribution is 14.1. The maximum absolute atomic E-state index is 8.91. The van der Waals surface area contributed by atoms with Gasteiger partial charge >= 0.3 is 7.82 Å². The van der Waals surface area contributed by atoms with Gasteiger partial charge in [-0.3, -0.25) is 0 Å². The summed E-state index contributed by atoms with van der Waals surface area (Å²) in [5.74, 6) is 0.355. The van der Waals surface area contributed by atoms with Crippen LogP contribution in [0.15, 0.2) is 24.3 Å². The van der Waals surface area contributed by atoms with Crippen LogP contribution in [0.4, 0.5) is 0 Å². The van der Waals surface area contributed by atoms with Crippen LogP contribution in [0.1, 0.15) is 0 Å². The molecule has 1 aromatic carbocycles. The van der Waals surface area contributed by atoms with E-state index in [4.69, 9.17) is 24.4 Å². The summed E-state index contributed by atoms with van der Waals surface area (Å²) in [5, 5.41) is 8.91. The lowest BCUT2D eigenvalue weighted by molar-refractivity contribution is 0.275. The second-order valence-corrected chi connectivity index (χ2v) is 4.15. The van der Waals surface area contributed by atoms with Crippen LogP contribution in [0, 0.1) is 3.57 Å². The van der Waals surface area contributed by atoms with Gasteiger partial charge in [-0.25, -0.2) is 4.57 Å². The van der Waals surface area contributed by atoms with Crippen molar-refractivity contribution < 1.29 is 24.4 Å². The standard InChI is InChI=1S/C6H5IO.H3O4P/c7-5-3-1-2-4-6(5)8;1-5(2,3)4/h1-4,8H;(H3,1,2,3,4). The number of halogens is 1. The monoisotopic (exact) mass is 318 g/mol. The molecule has 0 aromatic heterocycles. The van der Waals surface area contributed by atoms with Crippen molar-refractivity contribution in [2.75, 3.05) is 0 Å². The van der Waals surface area contributed by atoms with Crippen molar-refractivity contribution in [2.45, 2.75) is 0 Å². The summed E-state index contributed by atoms with van der Waals surface area (Å²) < 4.78 is 9.78. The van der Waals surface area contributed by atoms with Gasteiger partial charge in [0.25, 0.3) is 0 Å². The SMILES string of the molecule is O=P(O)(O)O.Oc1ccccc1I. The first-order valence-corrected chi connectivity index (χ1v) is 5.67. The lowest BCUT2D eigenvalue weighted by Gasteiger charge is -1.90. The van der Waals surface area contributed by atoms with E-state index >= 15 is 0 Å². The Hall–Kier alpha value is -0.140. The van der Waals surface area contributed by atoms with E-state index in [9.17, 15) is 0 Å². The van der Waals surface area contributed by atoms with Gasteiger partial charge in [-0.1, -0.05) is 12.1 Å². The molecule has 0 amide bonds. The molecule has 0 bridgehead atoms. The Morgan fingerprint density at radius 3 is 1.77 bits per heavy atom. The lowest BCUT2D eigenvalue weighted by atomic mass is 10.3. The highest BCUT2D eigenvalue weighted by Gasteiger charge is 2.00. The summed E-state index contributed by atoms with van der Waals surface area (Å²) >= 11 is 2.07. The fourth-order valence-electron chi connectivity index (χ4n) is 0.452. The van der Waals surface area contributed by atoms with Gasteiger partial charge < -0.3 is 19.8 Å². The number of rotatable bonds is 0. The first kappa shape index (κ1) is 12.9. The molecule has 5 nitrogen and oxygen atoms in total. The summed E-state index contributed by atoms with van der Waals surface area (Å²) in [6.07, 6.45) is 0. The zero-order chi connectivity index (χ0) is 10.5. The number of phenolic OH excluding ortho intramolecular Hbond substituents is 1. The number of para-hydroxylation sites is 1. The van der Waals surface area contributed by atoms with Gasteiger partial charge in [0.05, 0.1) is 3.57 Å². The van der Waals surface area contributed by atoms with Crippen LogP contribution in [-0.4, -0.2) is 19.8 Å². The first-order valence-electron chi connectivity index (χ1n) is 3.02. The van der Waals surface area contributed by atoms with Crippen molar-refractivity contribution in [1.82, 2.24) is 0 Å². The van der Waals surface area contributed by atoms with E-state index in [1.807, 2.05) is 12.1 Å². The van der Waals surface area contributed by atoms with Crippen molar-refractivity contribution in [3.63, 3.8) is 0 Å². The maximum atomic E-state index is 8.91. The van der Waals surface area contributed by atoms with E-state index in [0.717, 1.165) is 3.57 Å². The Morgan fingerprint density at radius 1 is 1.15 bits per heavy atom. The zero-order valence-electron chi connectivity index (χ0n) is 6.33. The smallest absolute Gasteiger partial charge is 0.466 e. The third-order valence-electron chi connectivity index (χ3n) is 0.852. The van der Waals surface area contributed by atoms with Crippen LogP contribution in [0.3, 0.4) is 0 Å². The summed E-state index contributed by atoms with van der Waals surface area (Å²) in [7, 11) is -4.64. The molecule has 0 saturated carbocycles. The van der Waals surface area contributed by atoms with E-state index < -0.39 is 7.82 Å². The van der Waals surface area contributed by atoms with Crippen molar-refractivity contribution in [3.05, 3.63) is 27.8 Å². The van der Waals surface area contributed by atoms with Crippen molar-refractivity contribution in [3.8, 4) is 5.75 Å². The highest BCUT2D eigenvalue weighted by Crippen LogP contribution is 2.25. The molecule has 0 aliphatic heterocycles. The number of phenols is 1. The molecule has 1 rings (SSSR count). The minimum Gasteiger partial charge on any atom is -0.507 e. The largest absolute Gasteiger partial charge is 0.507 e. The maximum Gasteiger partial charge on any atom is 0.466 e. The molecule has 13 heavy (non-hydrogen) atoms. The molecular formula is C6H8IO5P.